The average molecular weight is 405 g/mol. The molecule has 1 saturated heterocycles. The lowest BCUT2D eigenvalue weighted by Gasteiger charge is -2.37. The Morgan fingerprint density at radius 1 is 1.07 bits per heavy atom. The van der Waals surface area contributed by atoms with Gasteiger partial charge in [0.25, 0.3) is 0 Å². The number of imide groups is 1. The third-order valence-electron chi connectivity index (χ3n) is 6.65. The van der Waals surface area contributed by atoms with E-state index in [1.54, 1.807) is 25.1 Å². The molecule has 1 heterocycles. The highest BCUT2D eigenvalue weighted by molar-refractivity contribution is 6.42. The molecule has 5 aliphatic rings. The quantitative estimate of drug-likeness (QED) is 0.620. The van der Waals surface area contributed by atoms with Crippen LogP contribution in [0, 0.1) is 35.5 Å². The maximum Gasteiger partial charge on any atom is 0.247 e. The highest BCUT2D eigenvalue weighted by Crippen LogP contribution is 2.65. The molecule has 6 rings (SSSR count). The molecule has 2 bridgehead atoms. The Bertz CT molecular complexity index is 878. The first-order chi connectivity index (χ1) is 12.9. The molecule has 140 valence electrons. The lowest BCUT2D eigenvalue weighted by molar-refractivity contribution is -0.146. The molecule has 1 aromatic rings. The highest BCUT2D eigenvalue weighted by Gasteiger charge is 2.67. The van der Waals surface area contributed by atoms with Crippen molar-refractivity contribution in [2.45, 2.75) is 19.4 Å². The summed E-state index contributed by atoms with van der Waals surface area (Å²) < 4.78 is 0. The molecule has 0 aromatic heterocycles. The van der Waals surface area contributed by atoms with Gasteiger partial charge in [-0.1, -0.05) is 35.4 Å². The Kier molecular flexibility index (Phi) is 3.72. The standard InChI is InChI=1S/C20H18Cl2N2O3/c1-8(18(25)23-9-2-5-14(21)15(22)6-9)24-19(26)16-10-3-4-11(13-7-12(10)13)17(16)20(24)27/h2-6,8,10-13,16-17H,7H2,1H3,(H,23,25)/t8-,10+,11+,12+,13+,16-,17-/m1/s1. The number of likely N-dealkylation sites (tertiary alicyclic amines) is 1. The van der Waals surface area contributed by atoms with Crippen LogP contribution < -0.4 is 5.32 Å². The first kappa shape index (κ1) is 17.3. The van der Waals surface area contributed by atoms with Crippen molar-refractivity contribution >= 4 is 46.6 Å². The summed E-state index contributed by atoms with van der Waals surface area (Å²) in [5.41, 5.74) is 0.473. The van der Waals surface area contributed by atoms with Crippen LogP contribution in [0.25, 0.3) is 0 Å². The van der Waals surface area contributed by atoms with Crippen LogP contribution in [0.2, 0.25) is 10.0 Å². The van der Waals surface area contributed by atoms with Gasteiger partial charge in [0.2, 0.25) is 17.7 Å². The van der Waals surface area contributed by atoms with Gasteiger partial charge in [-0.25, -0.2) is 0 Å². The zero-order chi connectivity index (χ0) is 19.0. The zero-order valence-corrected chi connectivity index (χ0v) is 16.1. The summed E-state index contributed by atoms with van der Waals surface area (Å²) in [7, 11) is 0. The maximum absolute atomic E-state index is 13.1. The van der Waals surface area contributed by atoms with E-state index in [2.05, 4.69) is 17.5 Å². The summed E-state index contributed by atoms with van der Waals surface area (Å²) in [6.07, 6.45) is 5.35. The smallest absolute Gasteiger partial charge is 0.247 e. The number of amides is 3. The Morgan fingerprint density at radius 2 is 1.67 bits per heavy atom. The molecule has 5 nitrogen and oxygen atoms in total. The molecule has 27 heavy (non-hydrogen) atoms. The van der Waals surface area contributed by atoms with Crippen molar-refractivity contribution in [2.75, 3.05) is 5.32 Å². The number of anilines is 1. The fourth-order valence-electron chi connectivity index (χ4n) is 5.30. The van der Waals surface area contributed by atoms with E-state index in [0.29, 0.717) is 27.6 Å². The van der Waals surface area contributed by atoms with E-state index in [4.69, 9.17) is 23.2 Å². The first-order valence-corrected chi connectivity index (χ1v) is 9.95. The van der Waals surface area contributed by atoms with Crippen LogP contribution in [-0.4, -0.2) is 28.7 Å². The maximum atomic E-state index is 13.1. The van der Waals surface area contributed by atoms with Gasteiger partial charge in [0.15, 0.2) is 0 Å². The summed E-state index contributed by atoms with van der Waals surface area (Å²) >= 11 is 11.9. The van der Waals surface area contributed by atoms with Gasteiger partial charge < -0.3 is 5.32 Å². The first-order valence-electron chi connectivity index (χ1n) is 9.19. The second-order valence-corrected chi connectivity index (χ2v) is 8.81. The third kappa shape index (κ3) is 2.41. The lowest BCUT2D eigenvalue weighted by Crippen LogP contribution is -2.46. The van der Waals surface area contributed by atoms with Crippen LogP contribution in [0.15, 0.2) is 30.4 Å². The molecule has 0 spiro atoms. The number of rotatable bonds is 3. The number of halogens is 2. The molecule has 2 saturated carbocycles. The van der Waals surface area contributed by atoms with Crippen LogP contribution in [0.5, 0.6) is 0 Å². The van der Waals surface area contributed by atoms with Gasteiger partial charge in [-0.3, -0.25) is 19.3 Å². The number of carbonyl (C=O) groups excluding carboxylic acids is 3. The van der Waals surface area contributed by atoms with Crippen molar-refractivity contribution in [2.24, 2.45) is 35.5 Å². The SMILES string of the molecule is C[C@H](C(=O)Nc1ccc(Cl)c(Cl)c1)N1C(=O)[C@@H]2[C@H]3C=C[C@@H]([C@@H]4C[C@@H]34)[C@H]2C1=O. The zero-order valence-electron chi connectivity index (χ0n) is 14.6. The minimum atomic E-state index is -0.874. The molecule has 1 aromatic carbocycles. The third-order valence-corrected chi connectivity index (χ3v) is 7.39. The average Bonchev–Trinajstić information content (AvgIpc) is 3.42. The van der Waals surface area contributed by atoms with Crippen molar-refractivity contribution in [3.05, 3.63) is 40.4 Å². The largest absolute Gasteiger partial charge is 0.324 e. The highest BCUT2D eigenvalue weighted by atomic mass is 35.5. The minimum Gasteiger partial charge on any atom is -0.324 e. The molecule has 7 heteroatoms. The van der Waals surface area contributed by atoms with Crippen molar-refractivity contribution in [1.29, 1.82) is 0 Å². The van der Waals surface area contributed by atoms with Gasteiger partial charge in [-0.15, -0.1) is 0 Å². The van der Waals surface area contributed by atoms with Crippen LogP contribution in [-0.2, 0) is 14.4 Å². The number of hydrogen-bond acceptors (Lipinski definition) is 3. The van der Waals surface area contributed by atoms with Gasteiger partial charge in [0.1, 0.15) is 6.04 Å². The Balaban J connectivity index is 1.37. The topological polar surface area (TPSA) is 66.5 Å². The predicted molar refractivity (Wildman–Crippen MR) is 101 cm³/mol. The molecular formula is C20H18Cl2N2O3. The molecular weight excluding hydrogens is 387 g/mol. The number of benzene rings is 1. The minimum absolute atomic E-state index is 0.150. The second kappa shape index (κ2) is 5.82. The van der Waals surface area contributed by atoms with Crippen molar-refractivity contribution in [3.63, 3.8) is 0 Å². The molecule has 3 fully saturated rings. The molecule has 7 atom stereocenters. The molecule has 0 unspecified atom stereocenters. The van der Waals surface area contributed by atoms with Crippen LogP contribution in [0.4, 0.5) is 5.69 Å². The van der Waals surface area contributed by atoms with Crippen molar-refractivity contribution < 1.29 is 14.4 Å². The molecule has 4 aliphatic carbocycles. The summed E-state index contributed by atoms with van der Waals surface area (Å²) in [5.74, 6) is -0.0321. The van der Waals surface area contributed by atoms with Crippen LogP contribution in [0.1, 0.15) is 13.3 Å². The van der Waals surface area contributed by atoms with E-state index in [0.717, 1.165) is 6.42 Å². The van der Waals surface area contributed by atoms with E-state index in [1.165, 1.54) is 4.90 Å². The van der Waals surface area contributed by atoms with Gasteiger partial charge in [0, 0.05) is 5.69 Å². The number of carbonyl (C=O) groups is 3. The number of hydrogen-bond donors (Lipinski definition) is 1. The van der Waals surface area contributed by atoms with Gasteiger partial charge in [0.05, 0.1) is 21.9 Å². The molecule has 3 amide bonds. The predicted octanol–water partition coefficient (Wildman–Crippen LogP) is 3.37. The number of nitrogens with zero attached hydrogens (tertiary/aromatic N) is 1. The fraction of sp³-hybridized carbons (Fsp3) is 0.450. The Labute approximate surface area is 166 Å². The fourth-order valence-corrected chi connectivity index (χ4v) is 5.60. The van der Waals surface area contributed by atoms with Gasteiger partial charge in [-0.2, -0.15) is 0 Å². The van der Waals surface area contributed by atoms with Crippen molar-refractivity contribution in [3.8, 4) is 0 Å². The molecule has 1 aliphatic heterocycles. The van der Waals surface area contributed by atoms with Crippen LogP contribution >= 0.6 is 23.2 Å². The molecule has 0 radical (unpaired) electrons. The van der Waals surface area contributed by atoms with E-state index >= 15 is 0 Å². The Hall–Kier alpha value is -1.85. The molecule has 1 N–H and O–H groups in total. The normalized spacial score (nSPS) is 36.5. The van der Waals surface area contributed by atoms with E-state index in [9.17, 15) is 14.4 Å². The Morgan fingerprint density at radius 3 is 2.22 bits per heavy atom. The summed E-state index contributed by atoms with van der Waals surface area (Å²) in [4.78, 5) is 40.0. The van der Waals surface area contributed by atoms with Crippen LogP contribution in [0.3, 0.4) is 0 Å². The summed E-state index contributed by atoms with van der Waals surface area (Å²) in [6.45, 7) is 1.59. The second-order valence-electron chi connectivity index (χ2n) is 8.00. The van der Waals surface area contributed by atoms with Crippen molar-refractivity contribution in [1.82, 2.24) is 4.90 Å². The summed E-state index contributed by atoms with van der Waals surface area (Å²) in [6, 6.07) is 3.88. The van der Waals surface area contributed by atoms with Gasteiger partial charge in [-0.05, 0) is 55.2 Å². The van der Waals surface area contributed by atoms with E-state index in [1.807, 2.05) is 0 Å². The summed E-state index contributed by atoms with van der Waals surface area (Å²) in [5, 5.41) is 3.43. The monoisotopic (exact) mass is 404 g/mol. The van der Waals surface area contributed by atoms with E-state index in [-0.39, 0.29) is 35.5 Å². The number of allylic oxidation sites excluding steroid dienone is 2. The van der Waals surface area contributed by atoms with Gasteiger partial charge >= 0.3 is 0 Å². The van der Waals surface area contributed by atoms with E-state index < -0.39 is 11.9 Å². The number of nitrogens with one attached hydrogen (secondary N) is 1. The lowest BCUT2D eigenvalue weighted by atomic mass is 9.63.